The molecule has 0 aliphatic rings. The van der Waals surface area contributed by atoms with Crippen LogP contribution in [-0.2, 0) is 4.79 Å². The van der Waals surface area contributed by atoms with Gasteiger partial charge in [0.1, 0.15) is 0 Å². The first-order valence-electron chi connectivity index (χ1n) is 3.90. The van der Waals surface area contributed by atoms with Crippen molar-refractivity contribution in [2.75, 3.05) is 25.6 Å². The molecule has 0 aliphatic heterocycles. The Morgan fingerprint density at radius 2 is 2.00 bits per heavy atom. The molecule has 0 spiro atoms. The van der Waals surface area contributed by atoms with Crippen LogP contribution in [0.3, 0.4) is 0 Å². The molecule has 0 saturated heterocycles. The molecule has 0 aromatic rings. The third-order valence-corrected chi connectivity index (χ3v) is 2.60. The highest BCUT2D eigenvalue weighted by atomic mass is 32.2. The molecular weight excluding hydrogens is 172 g/mol. The molecule has 3 nitrogen and oxygen atoms in total. The Bertz CT molecular complexity index is 152. The zero-order valence-corrected chi connectivity index (χ0v) is 9.07. The smallest absolute Gasteiger partial charge is 0.232 e. The van der Waals surface area contributed by atoms with Crippen LogP contribution in [0.2, 0.25) is 0 Å². The van der Waals surface area contributed by atoms with Gasteiger partial charge in [-0.1, -0.05) is 0 Å². The summed E-state index contributed by atoms with van der Waals surface area (Å²) in [6, 6.07) is 0. The Morgan fingerprint density at radius 3 is 2.33 bits per heavy atom. The summed E-state index contributed by atoms with van der Waals surface area (Å²) in [6.07, 6.45) is 0. The van der Waals surface area contributed by atoms with Crippen molar-refractivity contribution < 1.29 is 4.79 Å². The third kappa shape index (κ3) is 6.49. The molecule has 0 aromatic carbocycles. The van der Waals surface area contributed by atoms with Crippen LogP contribution in [0.1, 0.15) is 13.8 Å². The molecule has 72 valence electrons. The monoisotopic (exact) mass is 190 g/mol. The van der Waals surface area contributed by atoms with E-state index in [1.54, 1.807) is 30.8 Å². The highest BCUT2D eigenvalue weighted by Gasteiger charge is 2.12. The van der Waals surface area contributed by atoms with Gasteiger partial charge in [-0.05, 0) is 13.8 Å². The van der Waals surface area contributed by atoms with Gasteiger partial charge in [-0.25, -0.2) is 0 Å². The maximum Gasteiger partial charge on any atom is 0.232 e. The number of carbonyl (C=O) groups is 1. The zero-order valence-electron chi connectivity index (χ0n) is 8.26. The average Bonchev–Trinajstić information content (AvgIpc) is 1.84. The SMILES string of the molecule is CN(C)C(=O)CSCC(C)(C)N. The van der Waals surface area contributed by atoms with Gasteiger partial charge in [0, 0.05) is 25.4 Å². The van der Waals surface area contributed by atoms with Gasteiger partial charge < -0.3 is 10.6 Å². The lowest BCUT2D eigenvalue weighted by Crippen LogP contribution is -2.35. The van der Waals surface area contributed by atoms with Crippen molar-refractivity contribution in [2.24, 2.45) is 5.73 Å². The Hall–Kier alpha value is -0.220. The van der Waals surface area contributed by atoms with Crippen molar-refractivity contribution in [2.45, 2.75) is 19.4 Å². The molecule has 0 atom stereocenters. The second-order valence-corrected chi connectivity index (χ2v) is 4.76. The number of hydrogen-bond acceptors (Lipinski definition) is 3. The lowest BCUT2D eigenvalue weighted by molar-refractivity contribution is -0.125. The van der Waals surface area contributed by atoms with Crippen molar-refractivity contribution in [1.29, 1.82) is 0 Å². The van der Waals surface area contributed by atoms with Crippen molar-refractivity contribution >= 4 is 17.7 Å². The molecule has 4 heteroatoms. The minimum atomic E-state index is -0.183. The van der Waals surface area contributed by atoms with Gasteiger partial charge in [0.2, 0.25) is 5.91 Å². The summed E-state index contributed by atoms with van der Waals surface area (Å²) in [5, 5.41) is 0. The highest BCUT2D eigenvalue weighted by Crippen LogP contribution is 2.09. The first kappa shape index (κ1) is 11.8. The maximum atomic E-state index is 11.1. The maximum absolute atomic E-state index is 11.1. The molecule has 0 heterocycles. The van der Waals surface area contributed by atoms with E-state index < -0.39 is 0 Å². The molecule has 0 radical (unpaired) electrons. The second kappa shape index (κ2) is 4.72. The molecule has 1 amide bonds. The Morgan fingerprint density at radius 1 is 1.50 bits per heavy atom. The summed E-state index contributed by atoms with van der Waals surface area (Å²) in [5.41, 5.74) is 5.57. The molecule has 0 aromatic heterocycles. The van der Waals surface area contributed by atoms with E-state index in [1.165, 1.54) is 0 Å². The van der Waals surface area contributed by atoms with E-state index >= 15 is 0 Å². The number of thioether (sulfide) groups is 1. The summed E-state index contributed by atoms with van der Waals surface area (Å²) < 4.78 is 0. The van der Waals surface area contributed by atoms with Gasteiger partial charge in [-0.15, -0.1) is 0 Å². The van der Waals surface area contributed by atoms with E-state index in [9.17, 15) is 4.79 Å². The summed E-state index contributed by atoms with van der Waals surface area (Å²) in [5.74, 6) is 1.48. The van der Waals surface area contributed by atoms with Crippen LogP contribution in [0, 0.1) is 0 Å². The van der Waals surface area contributed by atoms with Crippen LogP contribution >= 0.6 is 11.8 Å². The fourth-order valence-corrected chi connectivity index (χ4v) is 1.59. The van der Waals surface area contributed by atoms with Crippen LogP contribution in [0.4, 0.5) is 0 Å². The average molecular weight is 190 g/mol. The van der Waals surface area contributed by atoms with E-state index in [4.69, 9.17) is 5.73 Å². The lowest BCUT2D eigenvalue weighted by atomic mass is 10.1. The predicted molar refractivity (Wildman–Crippen MR) is 54.3 cm³/mol. The van der Waals surface area contributed by atoms with Crippen LogP contribution in [0.5, 0.6) is 0 Å². The largest absolute Gasteiger partial charge is 0.348 e. The number of rotatable bonds is 4. The Balaban J connectivity index is 3.51. The highest BCUT2D eigenvalue weighted by molar-refractivity contribution is 8.00. The van der Waals surface area contributed by atoms with E-state index in [0.29, 0.717) is 5.75 Å². The predicted octanol–water partition coefficient (Wildman–Crippen LogP) is 0.545. The van der Waals surface area contributed by atoms with E-state index in [1.807, 2.05) is 13.8 Å². The van der Waals surface area contributed by atoms with Crippen molar-refractivity contribution in [1.82, 2.24) is 4.90 Å². The number of hydrogen-bond donors (Lipinski definition) is 1. The zero-order chi connectivity index (χ0) is 9.78. The molecule has 0 bridgehead atoms. The fraction of sp³-hybridized carbons (Fsp3) is 0.875. The molecule has 2 N–H and O–H groups in total. The quantitative estimate of drug-likeness (QED) is 0.704. The van der Waals surface area contributed by atoms with Crippen molar-refractivity contribution in [3.8, 4) is 0 Å². The molecule has 0 fully saturated rings. The molecule has 0 unspecified atom stereocenters. The molecule has 0 saturated carbocycles. The van der Waals surface area contributed by atoms with E-state index in [-0.39, 0.29) is 11.4 Å². The standard InChI is InChI=1S/C8H18N2OS/c1-8(2,9)6-12-5-7(11)10(3)4/h5-6,9H2,1-4H3. The van der Waals surface area contributed by atoms with Gasteiger partial charge in [-0.3, -0.25) is 4.79 Å². The van der Waals surface area contributed by atoms with Crippen molar-refractivity contribution in [3.05, 3.63) is 0 Å². The first-order valence-corrected chi connectivity index (χ1v) is 5.05. The van der Waals surface area contributed by atoms with Gasteiger partial charge in [-0.2, -0.15) is 11.8 Å². The van der Waals surface area contributed by atoms with Crippen molar-refractivity contribution in [3.63, 3.8) is 0 Å². The summed E-state index contributed by atoms with van der Waals surface area (Å²) in [4.78, 5) is 12.7. The lowest BCUT2D eigenvalue weighted by Gasteiger charge is -2.18. The summed E-state index contributed by atoms with van der Waals surface area (Å²) >= 11 is 1.58. The van der Waals surface area contributed by atoms with E-state index in [2.05, 4.69) is 0 Å². The van der Waals surface area contributed by atoms with Crippen LogP contribution in [0.15, 0.2) is 0 Å². The third-order valence-electron chi connectivity index (χ3n) is 1.20. The van der Waals surface area contributed by atoms with Gasteiger partial charge in [0.25, 0.3) is 0 Å². The van der Waals surface area contributed by atoms with Gasteiger partial charge in [0.05, 0.1) is 5.75 Å². The van der Waals surface area contributed by atoms with Gasteiger partial charge >= 0.3 is 0 Å². The number of nitrogens with two attached hydrogens (primary N) is 1. The number of nitrogens with zero attached hydrogens (tertiary/aromatic N) is 1. The number of amides is 1. The van der Waals surface area contributed by atoms with Crippen LogP contribution in [-0.4, -0.2) is 41.9 Å². The Labute approximate surface area is 78.7 Å². The molecule has 0 rings (SSSR count). The van der Waals surface area contributed by atoms with Crippen LogP contribution < -0.4 is 5.73 Å². The Kier molecular flexibility index (Phi) is 4.63. The fourth-order valence-electron chi connectivity index (χ4n) is 0.530. The molecule has 0 aliphatic carbocycles. The molecular formula is C8H18N2OS. The first-order chi connectivity index (χ1) is 5.33. The number of carbonyl (C=O) groups excluding carboxylic acids is 1. The summed E-state index contributed by atoms with van der Waals surface area (Å²) in [7, 11) is 3.52. The minimum Gasteiger partial charge on any atom is -0.348 e. The summed E-state index contributed by atoms with van der Waals surface area (Å²) in [6.45, 7) is 3.92. The topological polar surface area (TPSA) is 46.3 Å². The van der Waals surface area contributed by atoms with E-state index in [0.717, 1.165) is 5.75 Å². The van der Waals surface area contributed by atoms with Gasteiger partial charge in [0.15, 0.2) is 0 Å². The second-order valence-electron chi connectivity index (χ2n) is 3.77. The molecule has 12 heavy (non-hydrogen) atoms. The minimum absolute atomic E-state index is 0.143. The van der Waals surface area contributed by atoms with Crippen LogP contribution in [0.25, 0.3) is 0 Å². The normalized spacial score (nSPS) is 11.4.